The molecule has 2 saturated heterocycles. The summed E-state index contributed by atoms with van der Waals surface area (Å²) in [6, 6.07) is 8.79. The van der Waals surface area contributed by atoms with Gasteiger partial charge in [0.05, 0.1) is 13.2 Å². The minimum absolute atomic E-state index is 0. The van der Waals surface area contributed by atoms with Crippen LogP contribution in [0.3, 0.4) is 0 Å². The van der Waals surface area contributed by atoms with Crippen LogP contribution in [0.1, 0.15) is 37.3 Å². The third-order valence-electron chi connectivity index (χ3n) is 5.09. The largest absolute Gasteiger partial charge is 0.378 e. The van der Waals surface area contributed by atoms with E-state index in [0.717, 1.165) is 31.2 Å². The van der Waals surface area contributed by atoms with Crippen LogP contribution in [-0.2, 0) is 22.6 Å². The zero-order chi connectivity index (χ0) is 17.5. The fourth-order valence-corrected chi connectivity index (χ4v) is 3.70. The number of morpholine rings is 1. The summed E-state index contributed by atoms with van der Waals surface area (Å²) in [4.78, 5) is 14.6. The van der Waals surface area contributed by atoms with E-state index in [0.29, 0.717) is 19.6 Å². The Hall–Kier alpha value is -0.850. The molecule has 3 rings (SSSR count). The minimum atomic E-state index is 0. The molecule has 2 fully saturated rings. The molecule has 0 aromatic heterocycles. The van der Waals surface area contributed by atoms with Crippen molar-refractivity contribution in [3.8, 4) is 0 Å². The van der Waals surface area contributed by atoms with Crippen LogP contribution in [0.2, 0.25) is 0 Å². The lowest BCUT2D eigenvalue weighted by Gasteiger charge is -2.30. The predicted molar refractivity (Wildman–Crippen MR) is 114 cm³/mol. The Kier molecular flexibility index (Phi) is 11.3. The summed E-state index contributed by atoms with van der Waals surface area (Å²) in [7, 11) is 0. The average Bonchev–Trinajstić information content (AvgIpc) is 2.62. The Bertz CT molecular complexity index is 551. The fraction of sp³-hybridized carbons (Fsp3) is 0.650. The van der Waals surface area contributed by atoms with E-state index in [4.69, 9.17) is 4.74 Å². The molecule has 0 radical (unpaired) electrons. The molecule has 0 aliphatic carbocycles. The van der Waals surface area contributed by atoms with Gasteiger partial charge in [0.1, 0.15) is 0 Å². The van der Waals surface area contributed by atoms with Gasteiger partial charge >= 0.3 is 0 Å². The van der Waals surface area contributed by atoms with E-state index in [9.17, 15) is 4.79 Å². The Morgan fingerprint density at radius 2 is 2.00 bits per heavy atom. The number of halogens is 2. The van der Waals surface area contributed by atoms with Crippen molar-refractivity contribution in [3.63, 3.8) is 0 Å². The molecule has 7 heteroatoms. The van der Waals surface area contributed by atoms with Crippen molar-refractivity contribution >= 4 is 30.7 Å². The second-order valence-corrected chi connectivity index (χ2v) is 7.51. The highest BCUT2D eigenvalue weighted by Crippen LogP contribution is 2.18. The highest BCUT2D eigenvalue weighted by atomic mass is 35.5. The summed E-state index contributed by atoms with van der Waals surface area (Å²) in [5, 5.41) is 6.31. The van der Waals surface area contributed by atoms with Gasteiger partial charge in [-0.15, -0.1) is 24.8 Å². The normalized spacial score (nSPS) is 23.0. The Morgan fingerprint density at radius 3 is 2.67 bits per heavy atom. The van der Waals surface area contributed by atoms with Gasteiger partial charge in [0.15, 0.2) is 0 Å². The van der Waals surface area contributed by atoms with Crippen molar-refractivity contribution in [2.75, 3.05) is 32.8 Å². The number of amides is 1. The van der Waals surface area contributed by atoms with E-state index in [1.54, 1.807) is 0 Å². The van der Waals surface area contributed by atoms with Crippen LogP contribution in [0.15, 0.2) is 24.3 Å². The van der Waals surface area contributed by atoms with E-state index < -0.39 is 0 Å². The Labute approximate surface area is 175 Å². The summed E-state index contributed by atoms with van der Waals surface area (Å²) in [6.07, 6.45) is 3.15. The molecule has 27 heavy (non-hydrogen) atoms. The highest BCUT2D eigenvalue weighted by Gasteiger charge is 2.17. The molecule has 5 nitrogen and oxygen atoms in total. The maximum absolute atomic E-state index is 12.0. The number of carbonyl (C=O) groups excluding carboxylic acids is 1. The maximum Gasteiger partial charge on any atom is 0.221 e. The molecule has 0 bridgehead atoms. The highest BCUT2D eigenvalue weighted by molar-refractivity contribution is 5.85. The quantitative estimate of drug-likeness (QED) is 0.746. The van der Waals surface area contributed by atoms with Crippen molar-refractivity contribution < 1.29 is 9.53 Å². The SMILES string of the molecule is CC1CCCN(Cc2ccc(CNC(=O)CC3COCCN3)cc2)C1.Cl.Cl. The summed E-state index contributed by atoms with van der Waals surface area (Å²) in [5.41, 5.74) is 2.50. The smallest absolute Gasteiger partial charge is 0.221 e. The third-order valence-corrected chi connectivity index (χ3v) is 5.09. The number of benzene rings is 1. The van der Waals surface area contributed by atoms with Crippen LogP contribution in [0, 0.1) is 5.92 Å². The molecule has 1 amide bonds. The third kappa shape index (κ3) is 8.36. The lowest BCUT2D eigenvalue weighted by Crippen LogP contribution is -2.44. The minimum Gasteiger partial charge on any atom is -0.378 e. The number of hydrogen-bond acceptors (Lipinski definition) is 4. The van der Waals surface area contributed by atoms with Gasteiger partial charge in [-0.25, -0.2) is 0 Å². The van der Waals surface area contributed by atoms with E-state index in [1.165, 1.54) is 31.5 Å². The second kappa shape index (κ2) is 12.6. The summed E-state index contributed by atoms with van der Waals surface area (Å²) < 4.78 is 5.38. The van der Waals surface area contributed by atoms with Crippen molar-refractivity contribution in [1.82, 2.24) is 15.5 Å². The van der Waals surface area contributed by atoms with E-state index >= 15 is 0 Å². The molecular formula is C20H33Cl2N3O2. The number of nitrogens with one attached hydrogen (secondary N) is 2. The molecule has 2 atom stereocenters. The summed E-state index contributed by atoms with van der Waals surface area (Å²) in [6.45, 7) is 8.57. The van der Waals surface area contributed by atoms with Crippen LogP contribution in [-0.4, -0.2) is 49.7 Å². The first-order chi connectivity index (χ1) is 12.2. The number of likely N-dealkylation sites (tertiary alicyclic amines) is 1. The molecule has 2 aliphatic rings. The molecule has 2 aliphatic heterocycles. The maximum atomic E-state index is 12.0. The predicted octanol–water partition coefficient (Wildman–Crippen LogP) is 2.76. The van der Waals surface area contributed by atoms with Crippen molar-refractivity contribution in [3.05, 3.63) is 35.4 Å². The number of rotatable bonds is 6. The Balaban J connectivity index is 0.00000182. The molecule has 2 heterocycles. The zero-order valence-corrected chi connectivity index (χ0v) is 17.7. The first kappa shape index (κ1) is 24.2. The molecule has 0 spiro atoms. The van der Waals surface area contributed by atoms with Gasteiger partial charge in [0.25, 0.3) is 0 Å². The van der Waals surface area contributed by atoms with Gasteiger partial charge < -0.3 is 15.4 Å². The Morgan fingerprint density at radius 1 is 1.26 bits per heavy atom. The first-order valence-electron chi connectivity index (χ1n) is 9.57. The zero-order valence-electron chi connectivity index (χ0n) is 16.1. The molecule has 154 valence electrons. The van der Waals surface area contributed by atoms with Crippen molar-refractivity contribution in [2.45, 2.75) is 45.3 Å². The van der Waals surface area contributed by atoms with Gasteiger partial charge in [-0.05, 0) is 36.4 Å². The number of carbonyl (C=O) groups is 1. The standard InChI is InChI=1S/C20H31N3O2.2ClH/c1-16-3-2-9-23(13-16)14-18-6-4-17(5-7-18)12-22-20(24)11-19-15-25-10-8-21-19;;/h4-7,16,19,21H,2-3,8-15H2,1H3,(H,22,24);2*1H. The van der Waals surface area contributed by atoms with E-state index in [2.05, 4.69) is 46.7 Å². The molecule has 2 N–H and O–H groups in total. The average molecular weight is 418 g/mol. The summed E-state index contributed by atoms with van der Waals surface area (Å²) >= 11 is 0. The second-order valence-electron chi connectivity index (χ2n) is 7.51. The molecule has 0 saturated carbocycles. The number of piperidine rings is 1. The number of ether oxygens (including phenoxy) is 1. The van der Waals surface area contributed by atoms with Crippen molar-refractivity contribution in [1.29, 1.82) is 0 Å². The van der Waals surface area contributed by atoms with E-state index in [-0.39, 0.29) is 36.8 Å². The fourth-order valence-electron chi connectivity index (χ4n) is 3.70. The van der Waals surface area contributed by atoms with Crippen LogP contribution >= 0.6 is 24.8 Å². The lowest BCUT2D eigenvalue weighted by molar-refractivity contribution is -0.122. The van der Waals surface area contributed by atoms with Gasteiger partial charge in [0.2, 0.25) is 5.91 Å². The van der Waals surface area contributed by atoms with Crippen LogP contribution in [0.4, 0.5) is 0 Å². The monoisotopic (exact) mass is 417 g/mol. The summed E-state index contributed by atoms with van der Waals surface area (Å²) in [5.74, 6) is 0.890. The van der Waals surface area contributed by atoms with Crippen LogP contribution in [0.25, 0.3) is 0 Å². The van der Waals surface area contributed by atoms with Crippen LogP contribution in [0.5, 0.6) is 0 Å². The number of nitrogens with zero attached hydrogens (tertiary/aromatic N) is 1. The molecule has 2 unspecified atom stereocenters. The molecular weight excluding hydrogens is 385 g/mol. The lowest BCUT2D eigenvalue weighted by atomic mass is 9.99. The van der Waals surface area contributed by atoms with Crippen molar-refractivity contribution in [2.24, 2.45) is 5.92 Å². The van der Waals surface area contributed by atoms with Crippen LogP contribution < -0.4 is 10.6 Å². The number of hydrogen-bond donors (Lipinski definition) is 2. The molecule has 1 aromatic carbocycles. The molecule has 1 aromatic rings. The topological polar surface area (TPSA) is 53.6 Å². The van der Waals surface area contributed by atoms with Gasteiger partial charge in [-0.3, -0.25) is 9.69 Å². The van der Waals surface area contributed by atoms with Gasteiger partial charge in [0, 0.05) is 38.6 Å². The van der Waals surface area contributed by atoms with E-state index in [1.807, 2.05) is 0 Å². The van der Waals surface area contributed by atoms with Gasteiger partial charge in [-0.2, -0.15) is 0 Å². The van der Waals surface area contributed by atoms with Gasteiger partial charge in [-0.1, -0.05) is 31.2 Å². The first-order valence-corrected chi connectivity index (χ1v) is 9.57.